The summed E-state index contributed by atoms with van der Waals surface area (Å²) < 4.78 is 82.0. The van der Waals surface area contributed by atoms with Gasteiger partial charge in [0.2, 0.25) is 11.0 Å². The van der Waals surface area contributed by atoms with Gasteiger partial charge in [-0.05, 0) is 234 Å². The van der Waals surface area contributed by atoms with Gasteiger partial charge in [0.25, 0.3) is 17.1 Å². The number of esters is 4. The van der Waals surface area contributed by atoms with E-state index in [1.165, 1.54) is 28.3 Å². The van der Waals surface area contributed by atoms with E-state index >= 15 is 0 Å². The zero-order valence-electron chi connectivity index (χ0n) is 90.3. The van der Waals surface area contributed by atoms with Gasteiger partial charge in [-0.3, -0.25) is 54.3 Å². The molecule has 0 spiro atoms. The molecular formula is C103H159Cl2F3N14O24S. The van der Waals surface area contributed by atoms with Crippen molar-refractivity contribution in [3.05, 3.63) is 131 Å². The van der Waals surface area contributed by atoms with Gasteiger partial charge in [0.1, 0.15) is 22.7 Å². The Morgan fingerprint density at radius 1 is 0.483 bits per heavy atom. The summed E-state index contributed by atoms with van der Waals surface area (Å²) in [5.74, 6) is -2.96. The molecule has 0 saturated carbocycles. The van der Waals surface area contributed by atoms with Gasteiger partial charge in [-0.15, -0.1) is 12.4 Å². The first-order chi connectivity index (χ1) is 68.3. The number of carbonyl (C=O) groups excluding carboxylic acids is 8. The number of benzene rings is 4. The number of nitrogens with one attached hydrogen (secondary N) is 2. The standard InChI is InChI=1S/C26H36F3N5O4S.C25H39N3O6.C24H37N3O6.C20H31N3O4.C4H7ClO2.C4H8O2.ClH/c1-15(2)14-34(19-8-10-33(11-9-19)25(37)38-16(3)4)21-7-6-18(17(5)12-22(35)36)13-20(21)30-24-31-23(32-39-24)26(27,28)29;1-17(2)16-27(20-10-12-26(13-11-20)24(30)34-25(4,5)6)21-9-8-19(15-22(21)28(31)32)18(3)14-23(29)33-7;1-16(2)15-26(20-9-11-25(12-10-20)24(29)33-17(3)4)21-8-7-19(14-22(21)27(30)31)18(5)13-23(28)32-6;1-14(2)13-22(17-7-9-21-10-8-17)18-6-5-16(12-19(18)23(25)26)15(3)11-20(24)27-4;1-3(2)7-4(5)6;1-3-6-4(2)5;/h6-7,13,15-17,19H,8-12,14H2,1-5H3,(H,35,36)(H,30,31,32);8-9,15,17-18,20H,10-14,16H2,1-7H3;7-8,14,16-18,20H,9-13,15H2,1-6H3;5-6,12,14-15,17,21H,7-11,13H2,1-4H3;3H,1-2H3;3H2,1-2H3;1H/t17-;2*18-;15-;;;/m1111.../s1. The number of carbonyl (C=O) groups is 9. The Bertz CT molecular complexity index is 5000. The average Bonchev–Trinajstić information content (AvgIpc) is 1.50. The number of carboxylic acids is 1. The first-order valence-corrected chi connectivity index (χ1v) is 51.2. The van der Waals surface area contributed by atoms with Crippen molar-refractivity contribution in [2.75, 3.05) is 131 Å². The van der Waals surface area contributed by atoms with E-state index in [-0.39, 0.29) is 183 Å². The third-order valence-electron chi connectivity index (χ3n) is 23.9. The van der Waals surface area contributed by atoms with Crippen molar-refractivity contribution in [2.24, 2.45) is 23.7 Å². The molecule has 826 valence electrons. The number of aliphatic carboxylic acids is 1. The van der Waals surface area contributed by atoms with Crippen molar-refractivity contribution < 1.29 is 114 Å². The highest BCUT2D eigenvalue weighted by Crippen LogP contribution is 2.43. The Morgan fingerprint density at radius 2 is 0.782 bits per heavy atom. The number of anilines is 6. The number of amides is 3. The van der Waals surface area contributed by atoms with Gasteiger partial charge in [-0.25, -0.2) is 19.2 Å². The molecule has 4 saturated heterocycles. The second kappa shape index (κ2) is 63.4. The Morgan fingerprint density at radius 3 is 1.03 bits per heavy atom. The van der Waals surface area contributed by atoms with Crippen LogP contribution in [-0.4, -0.2) is 252 Å². The van der Waals surface area contributed by atoms with Gasteiger partial charge < -0.3 is 87.9 Å². The van der Waals surface area contributed by atoms with Crippen LogP contribution >= 0.6 is 35.5 Å². The molecule has 4 atom stereocenters. The normalized spacial score (nSPS) is 14.9. The predicted molar refractivity (Wildman–Crippen MR) is 565 cm³/mol. The molecule has 0 aliphatic carbocycles. The van der Waals surface area contributed by atoms with Crippen molar-refractivity contribution in [3.8, 4) is 0 Å². The molecule has 147 heavy (non-hydrogen) atoms. The van der Waals surface area contributed by atoms with Crippen LogP contribution in [0, 0.1) is 54.0 Å². The van der Waals surface area contributed by atoms with Gasteiger partial charge in [0.15, 0.2) is 0 Å². The van der Waals surface area contributed by atoms with Crippen LogP contribution in [0.15, 0.2) is 72.8 Å². The number of nitro benzene ring substituents is 3. The van der Waals surface area contributed by atoms with E-state index in [0.29, 0.717) is 162 Å². The van der Waals surface area contributed by atoms with Crippen molar-refractivity contribution in [1.82, 2.24) is 29.4 Å². The molecule has 0 radical (unpaired) electrons. The fraction of sp³-hybridized carbons (Fsp3) is 0.660. The molecule has 44 heteroatoms. The first-order valence-electron chi connectivity index (χ1n) is 50.1. The molecule has 3 amide bonds. The van der Waals surface area contributed by atoms with E-state index in [1.807, 2.05) is 91.8 Å². The monoisotopic (exact) mass is 2140 g/mol. The maximum Gasteiger partial charge on any atom is 0.452 e. The van der Waals surface area contributed by atoms with Crippen molar-refractivity contribution >= 4 is 140 Å². The van der Waals surface area contributed by atoms with E-state index in [2.05, 4.69) is 104 Å². The molecule has 1 aromatic heterocycles. The highest BCUT2D eigenvalue weighted by Gasteiger charge is 2.40. The number of nitro groups is 3. The van der Waals surface area contributed by atoms with E-state index in [4.69, 9.17) is 40.0 Å². The fourth-order valence-corrected chi connectivity index (χ4v) is 17.8. The van der Waals surface area contributed by atoms with Crippen LogP contribution < -0.4 is 30.2 Å². The number of nitrogens with zero attached hydrogens (tertiary/aromatic N) is 12. The Balaban J connectivity index is 0.000000484. The minimum Gasteiger partial charge on any atom is -0.481 e. The lowest BCUT2D eigenvalue weighted by Gasteiger charge is -2.41. The summed E-state index contributed by atoms with van der Waals surface area (Å²) in [6.45, 7) is 51.9. The van der Waals surface area contributed by atoms with Crippen LogP contribution in [0.5, 0.6) is 0 Å². The quantitative estimate of drug-likeness (QED) is 0.0109. The van der Waals surface area contributed by atoms with Crippen LogP contribution in [0.1, 0.15) is 288 Å². The lowest BCUT2D eigenvalue weighted by atomic mass is 9.95. The number of likely N-dealkylation sites (tertiary alicyclic amines) is 3. The molecule has 0 bridgehead atoms. The predicted octanol–water partition coefficient (Wildman–Crippen LogP) is 22.4. The lowest BCUT2D eigenvalue weighted by Crippen LogP contribution is -2.49. The minimum absolute atomic E-state index is 0. The highest BCUT2D eigenvalue weighted by atomic mass is 35.5. The third kappa shape index (κ3) is 45.7. The molecule has 3 N–H and O–H groups in total. The smallest absolute Gasteiger partial charge is 0.452 e. The number of aromatic nitrogens is 2. The van der Waals surface area contributed by atoms with E-state index in [0.717, 1.165) is 60.4 Å². The second-order valence-electron chi connectivity index (χ2n) is 40.4. The summed E-state index contributed by atoms with van der Waals surface area (Å²) in [4.78, 5) is 155. The molecule has 4 aliphatic rings. The van der Waals surface area contributed by atoms with Gasteiger partial charge in [0, 0.05) is 138 Å². The molecule has 5 heterocycles. The molecule has 5 aromatic rings. The van der Waals surface area contributed by atoms with Crippen molar-refractivity contribution in [2.45, 2.75) is 314 Å². The average molecular weight is 2140 g/mol. The molecule has 9 rings (SSSR count). The molecule has 4 fully saturated rings. The number of hydrogen-bond donors (Lipinski definition) is 3. The Labute approximate surface area is 878 Å². The SMILES string of the molecule is CC(C)CN(c1ccc([C@H](C)CC(=O)O)cc1Nc1nc(C(F)(F)F)ns1)C1CCN(C(=O)OC(C)C)CC1.CC(C)OC(=O)Cl.CCOC(C)=O.COC(=O)C[C@@H](C)c1ccc(N(CC(C)C)C2CCN(C(=O)OC(C)(C)C)CC2)c([N+](=O)[O-])c1.COC(=O)C[C@@H](C)c1ccc(N(CC(C)C)C2CCN(C(=O)OC(C)C)CC2)c([N+](=O)[O-])c1.COC(=O)C[C@@H](C)c1ccc(N(CC(C)C)C2CCNCC2)c([N+](=O)[O-])c1.Cl. The highest BCUT2D eigenvalue weighted by molar-refractivity contribution is 7.09. The summed E-state index contributed by atoms with van der Waals surface area (Å²) in [6.07, 6.45) is 0.457. The second-order valence-corrected chi connectivity index (χ2v) is 41.4. The van der Waals surface area contributed by atoms with Gasteiger partial charge >= 0.3 is 59.7 Å². The summed E-state index contributed by atoms with van der Waals surface area (Å²) in [7, 11) is 4.01. The summed E-state index contributed by atoms with van der Waals surface area (Å²) in [5.41, 5.74) is 4.98. The molecule has 0 unspecified atom stereocenters. The van der Waals surface area contributed by atoms with Crippen LogP contribution in [-0.2, 0) is 68.0 Å². The number of ether oxygens (including phenoxy) is 8. The molecule has 4 aliphatic heterocycles. The van der Waals surface area contributed by atoms with E-state index in [9.17, 15) is 91.8 Å². The largest absolute Gasteiger partial charge is 0.481 e. The topological polar surface area (TPSA) is 450 Å². The third-order valence-corrected chi connectivity index (χ3v) is 24.6. The zero-order valence-corrected chi connectivity index (χ0v) is 92.7. The van der Waals surface area contributed by atoms with Crippen molar-refractivity contribution in [1.29, 1.82) is 0 Å². The van der Waals surface area contributed by atoms with Crippen LogP contribution in [0.25, 0.3) is 0 Å². The summed E-state index contributed by atoms with van der Waals surface area (Å²) in [6, 6.07) is 21.9. The minimum atomic E-state index is -4.66. The van der Waals surface area contributed by atoms with Crippen LogP contribution in [0.3, 0.4) is 0 Å². The number of halogens is 5. The number of rotatable bonds is 37. The molecule has 4 aromatic carbocycles. The van der Waals surface area contributed by atoms with Crippen LogP contribution in [0.2, 0.25) is 0 Å². The summed E-state index contributed by atoms with van der Waals surface area (Å²) >= 11 is 5.42. The molecule has 38 nitrogen and oxygen atoms in total. The zero-order chi connectivity index (χ0) is 110. The van der Waals surface area contributed by atoms with E-state index in [1.54, 1.807) is 92.6 Å². The maximum atomic E-state index is 13.1. The number of methoxy groups -OCH3 is 3. The maximum absolute atomic E-state index is 13.1. The summed E-state index contributed by atoms with van der Waals surface area (Å²) in [5, 5.41) is 51.5. The van der Waals surface area contributed by atoms with Crippen molar-refractivity contribution in [3.63, 3.8) is 0 Å². The van der Waals surface area contributed by atoms with E-state index < -0.39 is 29.0 Å². The number of hydrogen-bond acceptors (Lipinski definition) is 32. The lowest BCUT2D eigenvalue weighted by molar-refractivity contribution is -0.384. The number of carboxylic acid groups (broad SMARTS) is 1. The van der Waals surface area contributed by atoms with Crippen LogP contribution in [0.4, 0.5) is 83.0 Å². The van der Waals surface area contributed by atoms with Gasteiger partial charge in [-0.1, -0.05) is 107 Å². The van der Waals surface area contributed by atoms with Gasteiger partial charge in [0.05, 0.1) is 98.1 Å². The Kier molecular flexibility index (Phi) is 56.0. The molecular weight excluding hydrogens is 1980 g/mol. The van der Waals surface area contributed by atoms with Gasteiger partial charge in [-0.2, -0.15) is 22.5 Å². The first kappa shape index (κ1) is 130. The fourth-order valence-electron chi connectivity index (χ4n) is 17.0. The number of alkyl halides is 3. The number of piperidine rings is 4. The Hall–Kier alpha value is -11.4.